The summed E-state index contributed by atoms with van der Waals surface area (Å²) in [6.45, 7) is 11.9. The van der Waals surface area contributed by atoms with Gasteiger partial charge in [-0.25, -0.2) is 4.79 Å². The van der Waals surface area contributed by atoms with Crippen molar-refractivity contribution in [2.24, 2.45) is 11.8 Å². The first-order valence-electron chi connectivity index (χ1n) is 10.4. The molecule has 1 heterocycles. The van der Waals surface area contributed by atoms with Crippen molar-refractivity contribution < 1.29 is 29.1 Å². The van der Waals surface area contributed by atoms with E-state index in [-0.39, 0.29) is 18.0 Å². The van der Waals surface area contributed by atoms with Crippen LogP contribution in [-0.4, -0.2) is 58.4 Å². The number of likely N-dealkylation sites (tertiary alicyclic amines) is 1. The molecule has 0 radical (unpaired) electrons. The third-order valence-corrected chi connectivity index (χ3v) is 4.86. The van der Waals surface area contributed by atoms with Gasteiger partial charge in [0.25, 0.3) is 0 Å². The fraction of sp³-hybridized carbons (Fsp3) is 0.636. The summed E-state index contributed by atoms with van der Waals surface area (Å²) in [5.41, 5.74) is -0.0165. The Hall–Kier alpha value is -2.06. The Bertz CT molecular complexity index is 753. The van der Waals surface area contributed by atoms with Crippen LogP contribution < -0.4 is 5.46 Å². The Morgan fingerprint density at radius 1 is 1.13 bits per heavy atom. The molecule has 2 rings (SSSR count). The number of carbonyl (C=O) groups excluding carboxylic acids is 2. The van der Waals surface area contributed by atoms with Crippen LogP contribution in [0, 0.1) is 11.8 Å². The first-order valence-corrected chi connectivity index (χ1v) is 10.4. The number of hydrogen-bond donors (Lipinski definition) is 2. The van der Waals surface area contributed by atoms with Crippen LogP contribution in [0.4, 0.5) is 4.79 Å². The van der Waals surface area contributed by atoms with Gasteiger partial charge in [0.1, 0.15) is 11.2 Å². The summed E-state index contributed by atoms with van der Waals surface area (Å²) in [5, 5.41) is 18.9. The monoisotopic (exact) mass is 419 g/mol. The average molecular weight is 419 g/mol. The topological polar surface area (TPSA) is 96.3 Å². The van der Waals surface area contributed by atoms with Crippen molar-refractivity contribution in [2.45, 2.75) is 65.6 Å². The molecule has 0 aromatic heterocycles. The third kappa shape index (κ3) is 7.33. The normalized spacial score (nSPS) is 18.1. The van der Waals surface area contributed by atoms with Gasteiger partial charge in [-0.3, -0.25) is 4.79 Å². The highest BCUT2D eigenvalue weighted by Gasteiger charge is 2.39. The van der Waals surface area contributed by atoms with Crippen molar-refractivity contribution in [1.82, 2.24) is 4.90 Å². The molecular formula is C22H34BNO6. The quantitative estimate of drug-likeness (QED) is 0.561. The first-order chi connectivity index (χ1) is 13.7. The standard InChI is InChI=1S/C22H34BNO6/c1-21(2,3)29-19(25)18(13-15-8-7-9-17(12-15)23(27)28)16-10-11-24(14-16)20(26)30-22(4,5)6/h7-9,12,16,18,27-28H,10-11,13-14H2,1-6H3/t16-,18?/m0/s1. The molecule has 0 saturated carbocycles. The van der Waals surface area contributed by atoms with Crippen molar-refractivity contribution in [2.75, 3.05) is 13.1 Å². The van der Waals surface area contributed by atoms with E-state index in [2.05, 4.69) is 0 Å². The number of hydrogen-bond acceptors (Lipinski definition) is 6. The molecule has 0 bridgehead atoms. The van der Waals surface area contributed by atoms with Crippen molar-refractivity contribution in [3.63, 3.8) is 0 Å². The minimum Gasteiger partial charge on any atom is -0.460 e. The lowest BCUT2D eigenvalue weighted by Gasteiger charge is -2.28. The van der Waals surface area contributed by atoms with Gasteiger partial charge in [0.05, 0.1) is 5.92 Å². The Labute approximate surface area is 179 Å². The fourth-order valence-electron chi connectivity index (χ4n) is 3.56. The van der Waals surface area contributed by atoms with E-state index >= 15 is 0 Å². The van der Waals surface area contributed by atoms with Crippen LogP contribution in [0.2, 0.25) is 0 Å². The summed E-state index contributed by atoms with van der Waals surface area (Å²) in [6.07, 6.45) is 0.687. The molecule has 7 nitrogen and oxygen atoms in total. The van der Waals surface area contributed by atoms with Gasteiger partial charge in [-0.2, -0.15) is 0 Å². The molecule has 1 aliphatic rings. The highest BCUT2D eigenvalue weighted by atomic mass is 16.6. The second kappa shape index (κ2) is 9.39. The average Bonchev–Trinajstić information content (AvgIpc) is 3.06. The van der Waals surface area contributed by atoms with E-state index in [9.17, 15) is 19.6 Å². The van der Waals surface area contributed by atoms with E-state index < -0.39 is 24.2 Å². The van der Waals surface area contributed by atoms with Gasteiger partial charge in [0, 0.05) is 13.1 Å². The zero-order chi connectivity index (χ0) is 22.7. The van der Waals surface area contributed by atoms with Gasteiger partial charge in [0.2, 0.25) is 0 Å². The fourth-order valence-corrected chi connectivity index (χ4v) is 3.56. The van der Waals surface area contributed by atoms with Gasteiger partial charge >= 0.3 is 19.2 Å². The van der Waals surface area contributed by atoms with Crippen molar-refractivity contribution in [3.8, 4) is 0 Å². The maximum atomic E-state index is 13.0. The molecule has 8 heteroatoms. The van der Waals surface area contributed by atoms with Crippen LogP contribution in [0.15, 0.2) is 24.3 Å². The Morgan fingerprint density at radius 2 is 1.77 bits per heavy atom. The summed E-state index contributed by atoms with van der Waals surface area (Å²) in [5.74, 6) is -0.841. The van der Waals surface area contributed by atoms with Gasteiger partial charge in [-0.05, 0) is 71.3 Å². The first kappa shape index (κ1) is 24.2. The molecule has 1 fully saturated rings. The van der Waals surface area contributed by atoms with E-state index in [1.165, 1.54) is 0 Å². The molecule has 2 N–H and O–H groups in total. The minimum atomic E-state index is -1.57. The largest absolute Gasteiger partial charge is 0.488 e. The third-order valence-electron chi connectivity index (χ3n) is 4.86. The molecule has 1 unspecified atom stereocenters. The number of amides is 1. The maximum Gasteiger partial charge on any atom is 0.488 e. The molecule has 0 spiro atoms. The van der Waals surface area contributed by atoms with E-state index in [1.54, 1.807) is 23.1 Å². The van der Waals surface area contributed by atoms with Crippen LogP contribution in [0.25, 0.3) is 0 Å². The van der Waals surface area contributed by atoms with Gasteiger partial charge in [-0.1, -0.05) is 24.3 Å². The summed E-state index contributed by atoms with van der Waals surface area (Å²) in [4.78, 5) is 27.1. The van der Waals surface area contributed by atoms with Gasteiger partial charge in [0.15, 0.2) is 0 Å². The molecule has 1 aromatic carbocycles. The predicted octanol–water partition coefficient (Wildman–Crippen LogP) is 2.12. The SMILES string of the molecule is CC(C)(C)OC(=O)C(Cc1cccc(B(O)O)c1)[C@H]1CCN(C(=O)OC(C)(C)C)C1. The molecule has 2 atom stereocenters. The molecule has 1 aromatic rings. The summed E-state index contributed by atoms with van der Waals surface area (Å²) in [6, 6.07) is 6.89. The van der Waals surface area contributed by atoms with E-state index in [4.69, 9.17) is 9.47 Å². The van der Waals surface area contributed by atoms with Crippen LogP contribution in [0.3, 0.4) is 0 Å². The molecule has 30 heavy (non-hydrogen) atoms. The highest BCUT2D eigenvalue weighted by molar-refractivity contribution is 6.58. The number of nitrogens with zero attached hydrogens (tertiary/aromatic N) is 1. The number of carbonyl (C=O) groups is 2. The smallest absolute Gasteiger partial charge is 0.460 e. The molecule has 1 amide bonds. The number of benzene rings is 1. The summed E-state index contributed by atoms with van der Waals surface area (Å²) < 4.78 is 11.1. The molecule has 0 aliphatic carbocycles. The zero-order valence-corrected chi connectivity index (χ0v) is 18.8. The second-order valence-corrected chi connectivity index (χ2v) is 9.94. The number of esters is 1. The van der Waals surface area contributed by atoms with Crippen LogP contribution in [-0.2, 0) is 20.7 Å². The van der Waals surface area contributed by atoms with Gasteiger partial charge < -0.3 is 24.4 Å². The van der Waals surface area contributed by atoms with Gasteiger partial charge in [-0.15, -0.1) is 0 Å². The lowest BCUT2D eigenvalue weighted by atomic mass is 9.78. The lowest BCUT2D eigenvalue weighted by molar-refractivity contribution is -0.161. The summed E-state index contributed by atoms with van der Waals surface area (Å²) >= 11 is 0. The highest BCUT2D eigenvalue weighted by Crippen LogP contribution is 2.30. The van der Waals surface area contributed by atoms with Crippen LogP contribution in [0.5, 0.6) is 0 Å². The number of ether oxygens (including phenoxy) is 2. The predicted molar refractivity (Wildman–Crippen MR) is 115 cm³/mol. The zero-order valence-electron chi connectivity index (χ0n) is 18.8. The Balaban J connectivity index is 2.19. The molecule has 1 saturated heterocycles. The van der Waals surface area contributed by atoms with E-state index in [1.807, 2.05) is 47.6 Å². The second-order valence-electron chi connectivity index (χ2n) is 9.94. The molecule has 1 aliphatic heterocycles. The van der Waals surface area contributed by atoms with Crippen molar-refractivity contribution in [1.29, 1.82) is 0 Å². The minimum absolute atomic E-state index is 0.0740. The Kier molecular flexibility index (Phi) is 7.58. The molecular weight excluding hydrogens is 385 g/mol. The van der Waals surface area contributed by atoms with Crippen LogP contribution in [0.1, 0.15) is 53.5 Å². The lowest BCUT2D eigenvalue weighted by Crippen LogP contribution is -2.38. The van der Waals surface area contributed by atoms with E-state index in [0.29, 0.717) is 31.4 Å². The number of rotatable bonds is 5. The van der Waals surface area contributed by atoms with Crippen LogP contribution >= 0.6 is 0 Å². The van der Waals surface area contributed by atoms with Crippen molar-refractivity contribution in [3.05, 3.63) is 29.8 Å². The molecule has 166 valence electrons. The maximum absolute atomic E-state index is 13.0. The van der Waals surface area contributed by atoms with E-state index in [0.717, 1.165) is 5.56 Å². The van der Waals surface area contributed by atoms with Crippen molar-refractivity contribution >= 4 is 24.6 Å². The Morgan fingerprint density at radius 3 is 2.33 bits per heavy atom. The summed E-state index contributed by atoms with van der Waals surface area (Å²) in [7, 11) is -1.57.